The second-order valence-electron chi connectivity index (χ2n) is 8.49. The van der Waals surface area contributed by atoms with E-state index in [2.05, 4.69) is 53.3 Å². The van der Waals surface area contributed by atoms with Crippen LogP contribution in [0.5, 0.6) is 0 Å². The summed E-state index contributed by atoms with van der Waals surface area (Å²) in [5.74, 6) is 0.183. The van der Waals surface area contributed by atoms with E-state index in [1.807, 2.05) is 20.8 Å². The lowest BCUT2D eigenvalue weighted by Crippen LogP contribution is -2.58. The van der Waals surface area contributed by atoms with E-state index in [4.69, 9.17) is 0 Å². The van der Waals surface area contributed by atoms with E-state index in [1.165, 1.54) is 0 Å². The molecular weight excluding hydrogens is 420 g/mol. The van der Waals surface area contributed by atoms with E-state index < -0.39 is 10.0 Å². The van der Waals surface area contributed by atoms with Crippen LogP contribution < -0.4 is 0 Å². The first-order chi connectivity index (χ1) is 15.3. The van der Waals surface area contributed by atoms with E-state index in [1.54, 1.807) is 10.6 Å². The summed E-state index contributed by atoms with van der Waals surface area (Å²) in [4.78, 5) is 8.84. The summed E-state index contributed by atoms with van der Waals surface area (Å²) in [6.45, 7) is 8.92. The molecule has 1 aliphatic rings. The number of allylic oxidation sites excluding steroid dienone is 5. The van der Waals surface area contributed by atoms with Crippen molar-refractivity contribution < 1.29 is 8.42 Å². The average molecular weight is 457 g/mol. The summed E-state index contributed by atoms with van der Waals surface area (Å²) in [6.07, 6.45) is 16.7. The van der Waals surface area contributed by atoms with E-state index in [0.717, 1.165) is 48.2 Å². The minimum Gasteiger partial charge on any atom is -0.241 e. The Morgan fingerprint density at radius 1 is 1.28 bits per heavy atom. The molecule has 1 aromatic rings. The third-order valence-corrected chi connectivity index (χ3v) is 7.87. The van der Waals surface area contributed by atoms with Crippen LogP contribution in [0.4, 0.5) is 0 Å². The van der Waals surface area contributed by atoms with E-state index in [-0.39, 0.29) is 11.2 Å². The standard InChI is InChI=1S/C25H36N4O2S/c1-5-8-13-23-21(4)27-20-28-24(23)22(7-3)12-10-9-11-14-25(15-16-26)18-29(19-25)32(30,31)17-6-2/h7-8,10,12-13,20H,5-6,9,11,14-15,17-19H2,1-4H3. The lowest BCUT2D eigenvalue weighted by atomic mass is 9.75. The summed E-state index contributed by atoms with van der Waals surface area (Å²) < 4.78 is 26.0. The van der Waals surface area contributed by atoms with Gasteiger partial charge in [-0.25, -0.2) is 22.7 Å². The molecule has 0 N–H and O–H groups in total. The second-order valence-corrected chi connectivity index (χ2v) is 10.6. The highest BCUT2D eigenvalue weighted by molar-refractivity contribution is 7.89. The Labute approximate surface area is 193 Å². The minimum atomic E-state index is -3.17. The number of nitriles is 1. The molecule has 0 amide bonds. The molecule has 0 spiro atoms. The van der Waals surface area contributed by atoms with Crippen LogP contribution in [0.1, 0.15) is 76.2 Å². The quantitative estimate of drug-likeness (QED) is 0.315. The molecule has 7 heteroatoms. The van der Waals surface area contributed by atoms with E-state index >= 15 is 0 Å². The fraction of sp³-hybridized carbons (Fsp3) is 0.560. The number of hydrogen-bond acceptors (Lipinski definition) is 5. The van der Waals surface area contributed by atoms with Crippen LogP contribution in [-0.2, 0) is 10.0 Å². The summed E-state index contributed by atoms with van der Waals surface area (Å²) in [5.41, 5.74) is 3.78. The van der Waals surface area contributed by atoms with Crippen LogP contribution >= 0.6 is 0 Å². The molecule has 0 radical (unpaired) electrons. The molecule has 174 valence electrons. The zero-order valence-corrected chi connectivity index (χ0v) is 20.7. The van der Waals surface area contributed by atoms with Gasteiger partial charge in [0.15, 0.2) is 0 Å². The lowest BCUT2D eigenvalue weighted by Gasteiger charge is -2.48. The molecule has 0 saturated carbocycles. The number of aromatic nitrogens is 2. The third kappa shape index (κ3) is 6.60. The van der Waals surface area contributed by atoms with E-state index in [0.29, 0.717) is 25.9 Å². The zero-order valence-electron chi connectivity index (χ0n) is 19.8. The number of aryl methyl sites for hydroxylation is 1. The maximum absolute atomic E-state index is 12.3. The minimum absolute atomic E-state index is 0.183. The van der Waals surface area contributed by atoms with Gasteiger partial charge in [0.05, 0.1) is 17.5 Å². The first-order valence-corrected chi connectivity index (χ1v) is 13.1. The van der Waals surface area contributed by atoms with Gasteiger partial charge >= 0.3 is 0 Å². The fourth-order valence-corrected chi connectivity index (χ4v) is 5.79. The molecule has 0 aromatic carbocycles. The van der Waals surface area contributed by atoms with Crippen LogP contribution in [0.2, 0.25) is 0 Å². The van der Waals surface area contributed by atoms with E-state index in [9.17, 15) is 13.7 Å². The number of hydrogen-bond donors (Lipinski definition) is 0. The average Bonchev–Trinajstić information content (AvgIpc) is 2.73. The van der Waals surface area contributed by atoms with Gasteiger partial charge in [-0.1, -0.05) is 44.2 Å². The molecule has 0 unspecified atom stereocenters. The van der Waals surface area contributed by atoms with Gasteiger partial charge in [-0.3, -0.25) is 0 Å². The molecule has 32 heavy (non-hydrogen) atoms. The number of rotatable bonds is 12. The molecule has 2 rings (SSSR count). The number of nitrogens with zero attached hydrogens (tertiary/aromatic N) is 4. The first-order valence-electron chi connectivity index (χ1n) is 11.5. The smallest absolute Gasteiger partial charge is 0.214 e. The van der Waals surface area contributed by atoms with Crippen LogP contribution in [0.15, 0.2) is 30.6 Å². The summed E-state index contributed by atoms with van der Waals surface area (Å²) in [5, 5.41) is 9.25. The Morgan fingerprint density at radius 3 is 2.66 bits per heavy atom. The molecule has 6 nitrogen and oxygen atoms in total. The van der Waals surface area contributed by atoms with Crippen LogP contribution in [0.25, 0.3) is 11.6 Å². The van der Waals surface area contributed by atoms with Gasteiger partial charge in [0, 0.05) is 36.2 Å². The Hall–Kier alpha value is -2.30. The monoisotopic (exact) mass is 456 g/mol. The Balaban J connectivity index is 1.98. The van der Waals surface area contributed by atoms with Gasteiger partial charge in [-0.15, -0.1) is 0 Å². The number of unbranched alkanes of at least 4 members (excludes halogenated alkanes) is 1. The van der Waals surface area contributed by atoms with Crippen LogP contribution in [-0.4, -0.2) is 41.5 Å². The SMILES string of the molecule is CC=C(C=CCCCC1(CC#N)CN(S(=O)(=O)CCC)C1)c1ncnc(C)c1C=CCC. The van der Waals surface area contributed by atoms with Gasteiger partial charge in [-0.05, 0) is 51.5 Å². The van der Waals surface area contributed by atoms with Crippen molar-refractivity contribution in [1.29, 1.82) is 5.26 Å². The van der Waals surface area contributed by atoms with Crippen molar-refractivity contribution in [2.24, 2.45) is 5.41 Å². The molecule has 0 aliphatic carbocycles. The molecule has 1 aromatic heterocycles. The molecular formula is C25H36N4O2S. The van der Waals surface area contributed by atoms with Crippen molar-refractivity contribution >= 4 is 21.7 Å². The Morgan fingerprint density at radius 2 is 2.03 bits per heavy atom. The summed E-state index contributed by atoms with van der Waals surface area (Å²) >= 11 is 0. The van der Waals surface area contributed by atoms with Crippen molar-refractivity contribution in [3.05, 3.63) is 47.6 Å². The lowest BCUT2D eigenvalue weighted by molar-refractivity contribution is 0.0632. The van der Waals surface area contributed by atoms with Gasteiger partial charge in [0.1, 0.15) is 6.33 Å². The van der Waals surface area contributed by atoms with Crippen LogP contribution in [0, 0.1) is 23.7 Å². The molecule has 1 aliphatic heterocycles. The van der Waals surface area contributed by atoms with Crippen molar-refractivity contribution in [3.63, 3.8) is 0 Å². The van der Waals surface area contributed by atoms with Gasteiger partial charge in [0.25, 0.3) is 0 Å². The van der Waals surface area contributed by atoms with Crippen molar-refractivity contribution in [2.75, 3.05) is 18.8 Å². The predicted molar refractivity (Wildman–Crippen MR) is 131 cm³/mol. The first kappa shape index (κ1) is 26.0. The Bertz CT molecular complexity index is 997. The molecule has 0 bridgehead atoms. The van der Waals surface area contributed by atoms with Crippen LogP contribution in [0.3, 0.4) is 0 Å². The maximum Gasteiger partial charge on any atom is 0.214 e. The van der Waals surface area contributed by atoms with Gasteiger partial charge in [0.2, 0.25) is 10.0 Å². The molecule has 1 fully saturated rings. The highest BCUT2D eigenvalue weighted by Gasteiger charge is 2.46. The highest BCUT2D eigenvalue weighted by atomic mass is 32.2. The summed E-state index contributed by atoms with van der Waals surface area (Å²) in [7, 11) is -3.17. The zero-order chi connectivity index (χ0) is 23.6. The van der Waals surface area contributed by atoms with Gasteiger partial charge < -0.3 is 0 Å². The third-order valence-electron chi connectivity index (χ3n) is 5.90. The van der Waals surface area contributed by atoms with Crippen molar-refractivity contribution in [2.45, 2.75) is 66.2 Å². The second kappa shape index (κ2) is 12.1. The number of sulfonamides is 1. The Kier molecular flexibility index (Phi) is 9.80. The van der Waals surface area contributed by atoms with Crippen molar-refractivity contribution in [1.82, 2.24) is 14.3 Å². The van der Waals surface area contributed by atoms with Gasteiger partial charge in [-0.2, -0.15) is 5.26 Å². The molecule has 2 heterocycles. The predicted octanol–water partition coefficient (Wildman–Crippen LogP) is 5.29. The highest BCUT2D eigenvalue weighted by Crippen LogP contribution is 2.40. The largest absolute Gasteiger partial charge is 0.241 e. The summed E-state index contributed by atoms with van der Waals surface area (Å²) in [6, 6.07) is 2.26. The maximum atomic E-state index is 12.3. The molecule has 1 saturated heterocycles. The fourth-order valence-electron chi connectivity index (χ4n) is 4.08. The molecule has 0 atom stereocenters. The van der Waals surface area contributed by atoms with Crippen molar-refractivity contribution in [3.8, 4) is 6.07 Å². The topological polar surface area (TPSA) is 87.0 Å². The normalized spacial score (nSPS) is 17.0.